The van der Waals surface area contributed by atoms with E-state index in [1.807, 2.05) is 24.3 Å². The molecule has 0 fully saturated rings. The predicted molar refractivity (Wildman–Crippen MR) is 76.0 cm³/mol. The summed E-state index contributed by atoms with van der Waals surface area (Å²) >= 11 is 1.46. The Labute approximate surface area is 139 Å². The van der Waals surface area contributed by atoms with E-state index < -0.39 is 5.97 Å². The summed E-state index contributed by atoms with van der Waals surface area (Å²) in [4.78, 5) is 12.0. The first-order chi connectivity index (χ1) is 8.74. The molecule has 1 aliphatic heterocycles. The van der Waals surface area contributed by atoms with Crippen molar-refractivity contribution in [3.63, 3.8) is 0 Å². The quantitative estimate of drug-likeness (QED) is 0.773. The van der Waals surface area contributed by atoms with Gasteiger partial charge in [0.25, 0.3) is 0 Å². The number of carboxylic acids is 1. The summed E-state index contributed by atoms with van der Waals surface area (Å²) in [6.45, 7) is 0. The Bertz CT molecular complexity index is 660. The largest absolute Gasteiger partial charge is 1.00 e. The van der Waals surface area contributed by atoms with Crippen LogP contribution in [0.15, 0.2) is 57.9 Å². The third-order valence-electron chi connectivity index (χ3n) is 2.88. The first-order valence-electron chi connectivity index (χ1n) is 5.55. The maximum Gasteiger partial charge on any atom is 1.00 e. The molecular formula is C15H11NaO2S. The van der Waals surface area contributed by atoms with Crippen LogP contribution in [0.5, 0.6) is 0 Å². The molecule has 0 amide bonds. The van der Waals surface area contributed by atoms with E-state index in [4.69, 9.17) is 5.11 Å². The number of carbonyl (C=O) groups is 1. The van der Waals surface area contributed by atoms with Crippen LogP contribution in [-0.4, -0.2) is 11.1 Å². The van der Waals surface area contributed by atoms with Crippen molar-refractivity contribution in [2.24, 2.45) is 0 Å². The first kappa shape index (κ1) is 14.4. The molecule has 0 unspecified atom stereocenters. The van der Waals surface area contributed by atoms with E-state index in [2.05, 4.69) is 18.2 Å². The van der Waals surface area contributed by atoms with Gasteiger partial charge in [-0.25, -0.2) is 4.79 Å². The Morgan fingerprint density at radius 2 is 1.84 bits per heavy atom. The maximum absolute atomic E-state index is 11.0. The molecule has 1 aliphatic carbocycles. The van der Waals surface area contributed by atoms with Crippen LogP contribution in [-0.2, 0) is 4.79 Å². The first-order valence-corrected chi connectivity index (χ1v) is 6.43. The van der Waals surface area contributed by atoms with Crippen LogP contribution in [0.4, 0.5) is 0 Å². The zero-order valence-corrected chi connectivity index (χ0v) is 13.3. The summed E-state index contributed by atoms with van der Waals surface area (Å²) < 4.78 is 0. The minimum absolute atomic E-state index is 0. The molecule has 0 radical (unpaired) electrons. The smallest absolute Gasteiger partial charge is 1.00 e. The number of fused-ring (bicyclic) bond motifs is 2. The molecule has 4 heteroatoms. The molecule has 2 nitrogen and oxygen atoms in total. The van der Waals surface area contributed by atoms with Crippen molar-refractivity contribution >= 4 is 29.9 Å². The molecule has 2 aliphatic rings. The van der Waals surface area contributed by atoms with Crippen molar-refractivity contribution in [2.45, 2.75) is 0 Å². The molecule has 90 valence electrons. The van der Waals surface area contributed by atoms with Crippen LogP contribution in [0.1, 0.15) is 12.6 Å². The zero-order valence-electron chi connectivity index (χ0n) is 11.5. The van der Waals surface area contributed by atoms with E-state index in [0.717, 1.165) is 21.6 Å². The third kappa shape index (κ3) is 2.95. The number of carboxylic acid groups (broad SMARTS) is 1. The molecule has 19 heavy (non-hydrogen) atoms. The standard InChI is InChI=1S/C15H10O2S.Na.H/c16-15(17)13-7-12-6-5-10-3-1-2-4-11(10)8-14(12)18-9-13;;/h1-9H,(H,16,17);;/q;+1;-1. The normalized spacial score (nSPS) is 15.9. The summed E-state index contributed by atoms with van der Waals surface area (Å²) in [7, 11) is 0. The van der Waals surface area contributed by atoms with E-state index in [0.29, 0.717) is 5.57 Å². The Balaban J connectivity index is 0.000001000. The molecular weight excluding hydrogens is 267 g/mol. The van der Waals surface area contributed by atoms with Gasteiger partial charge in [0.15, 0.2) is 0 Å². The van der Waals surface area contributed by atoms with Gasteiger partial charge in [-0.3, -0.25) is 0 Å². The molecule has 0 spiro atoms. The van der Waals surface area contributed by atoms with Crippen LogP contribution >= 0.6 is 11.8 Å². The average molecular weight is 278 g/mol. The Kier molecular flexibility index (Phi) is 4.53. The number of hydrogen-bond donors (Lipinski definition) is 1. The van der Waals surface area contributed by atoms with Gasteiger partial charge in [0.1, 0.15) is 0 Å². The van der Waals surface area contributed by atoms with Gasteiger partial charge in [-0.1, -0.05) is 48.2 Å². The molecule has 0 atom stereocenters. The van der Waals surface area contributed by atoms with Gasteiger partial charge in [-0.05, 0) is 34.3 Å². The minimum Gasteiger partial charge on any atom is -1.00 e. The molecule has 3 rings (SSSR count). The topological polar surface area (TPSA) is 37.3 Å². The van der Waals surface area contributed by atoms with Gasteiger partial charge >= 0.3 is 35.5 Å². The molecule has 1 heterocycles. The molecule has 1 N–H and O–H groups in total. The second-order valence-corrected chi connectivity index (χ2v) is 4.98. The third-order valence-corrected chi connectivity index (χ3v) is 3.86. The van der Waals surface area contributed by atoms with Gasteiger partial charge in [0, 0.05) is 4.91 Å². The van der Waals surface area contributed by atoms with E-state index >= 15 is 0 Å². The van der Waals surface area contributed by atoms with E-state index in [1.54, 1.807) is 11.5 Å². The maximum atomic E-state index is 11.0. The van der Waals surface area contributed by atoms with Gasteiger partial charge in [-0.2, -0.15) is 0 Å². The van der Waals surface area contributed by atoms with Crippen molar-refractivity contribution in [3.05, 3.63) is 69.0 Å². The van der Waals surface area contributed by atoms with Crippen LogP contribution in [0.25, 0.3) is 12.2 Å². The summed E-state index contributed by atoms with van der Waals surface area (Å²) in [5, 5.41) is 10.7. The van der Waals surface area contributed by atoms with E-state index in [1.165, 1.54) is 11.8 Å². The van der Waals surface area contributed by atoms with Crippen molar-refractivity contribution in [2.75, 3.05) is 0 Å². The van der Waals surface area contributed by atoms with Gasteiger partial charge in [-0.15, -0.1) is 0 Å². The van der Waals surface area contributed by atoms with Crippen molar-refractivity contribution < 1.29 is 40.9 Å². The fraction of sp³-hybridized carbons (Fsp3) is 0. The SMILES string of the molecule is O=C(O)C1=CSC2=Cc3ccccc3C=CC2=C1.[H-].[Na+]. The summed E-state index contributed by atoms with van der Waals surface area (Å²) in [6.07, 6.45) is 7.81. The molecule has 1 aromatic carbocycles. The van der Waals surface area contributed by atoms with Gasteiger partial charge < -0.3 is 6.53 Å². The van der Waals surface area contributed by atoms with Gasteiger partial charge in [0.05, 0.1) is 5.57 Å². The van der Waals surface area contributed by atoms with Crippen molar-refractivity contribution in [1.29, 1.82) is 0 Å². The second-order valence-electron chi connectivity index (χ2n) is 4.07. The van der Waals surface area contributed by atoms with Crippen LogP contribution in [0, 0.1) is 0 Å². The fourth-order valence-electron chi connectivity index (χ4n) is 1.94. The number of hydrogen-bond acceptors (Lipinski definition) is 2. The van der Waals surface area contributed by atoms with Crippen LogP contribution < -0.4 is 29.6 Å². The van der Waals surface area contributed by atoms with E-state index in [-0.39, 0.29) is 31.0 Å². The number of benzene rings is 1. The molecule has 0 bridgehead atoms. The summed E-state index contributed by atoms with van der Waals surface area (Å²) in [6, 6.07) is 8.12. The zero-order chi connectivity index (χ0) is 12.5. The summed E-state index contributed by atoms with van der Waals surface area (Å²) in [5.74, 6) is -0.885. The minimum atomic E-state index is -0.885. The molecule has 0 aromatic heterocycles. The Hall–Kier alpha value is -1.000. The number of thioether (sulfide) groups is 1. The Morgan fingerprint density at radius 3 is 2.58 bits per heavy atom. The van der Waals surface area contributed by atoms with Crippen LogP contribution in [0.2, 0.25) is 0 Å². The number of aliphatic carboxylic acids is 1. The number of rotatable bonds is 1. The predicted octanol–water partition coefficient (Wildman–Crippen LogP) is 0.812. The van der Waals surface area contributed by atoms with Crippen molar-refractivity contribution in [3.8, 4) is 0 Å². The van der Waals surface area contributed by atoms with Gasteiger partial charge in [0.2, 0.25) is 0 Å². The fourth-order valence-corrected chi connectivity index (χ4v) is 2.82. The van der Waals surface area contributed by atoms with Crippen LogP contribution in [0.3, 0.4) is 0 Å². The molecule has 1 aromatic rings. The van der Waals surface area contributed by atoms with Crippen molar-refractivity contribution in [1.82, 2.24) is 0 Å². The summed E-state index contributed by atoms with van der Waals surface area (Å²) in [5.41, 5.74) is 3.60. The second kappa shape index (κ2) is 5.97. The Morgan fingerprint density at radius 1 is 1.11 bits per heavy atom. The molecule has 0 saturated carbocycles. The average Bonchev–Trinajstić information content (AvgIpc) is 2.56. The monoisotopic (exact) mass is 278 g/mol. The van der Waals surface area contributed by atoms with E-state index in [9.17, 15) is 4.79 Å². The number of allylic oxidation sites excluding steroid dienone is 2. The molecule has 0 saturated heterocycles.